The largest absolute Gasteiger partial charge is 0.384 e. The minimum atomic E-state index is -0.328. The van der Waals surface area contributed by atoms with E-state index in [0.717, 1.165) is 30.4 Å². The fraction of sp³-hybridized carbons (Fsp3) is 0.600. The number of thioether (sulfide) groups is 1. The van der Waals surface area contributed by atoms with Crippen molar-refractivity contribution in [2.24, 2.45) is 4.99 Å². The fourth-order valence-electron chi connectivity index (χ4n) is 2.53. The number of methoxy groups -OCH3 is 1. The first kappa shape index (κ1) is 17.0. The molecule has 1 N–H and O–H groups in total. The minimum Gasteiger partial charge on any atom is -0.384 e. The first-order valence-corrected chi connectivity index (χ1v) is 8.84. The molecule has 0 aliphatic carbocycles. The van der Waals surface area contributed by atoms with E-state index in [4.69, 9.17) is 9.26 Å². The molecule has 9 heteroatoms. The van der Waals surface area contributed by atoms with Crippen LogP contribution in [0.1, 0.15) is 37.5 Å². The Balaban J connectivity index is 1.52. The Morgan fingerprint density at radius 1 is 1.58 bits per heavy atom. The third kappa shape index (κ3) is 3.96. The number of amides is 1. The third-order valence-corrected chi connectivity index (χ3v) is 4.72. The monoisotopic (exact) mass is 351 g/mol. The van der Waals surface area contributed by atoms with Gasteiger partial charge in [0.15, 0.2) is 11.0 Å². The van der Waals surface area contributed by atoms with Gasteiger partial charge in [-0.25, -0.2) is 0 Å². The van der Waals surface area contributed by atoms with E-state index in [0.29, 0.717) is 31.2 Å². The van der Waals surface area contributed by atoms with Gasteiger partial charge in [0, 0.05) is 32.3 Å². The summed E-state index contributed by atoms with van der Waals surface area (Å²) in [7, 11) is 1.62. The number of fused-ring (bicyclic) bond motifs is 1. The van der Waals surface area contributed by atoms with Crippen LogP contribution in [0.3, 0.4) is 0 Å². The third-order valence-electron chi connectivity index (χ3n) is 3.77. The summed E-state index contributed by atoms with van der Waals surface area (Å²) >= 11 is 1.58. The smallest absolute Gasteiger partial charge is 0.248 e. The molecule has 1 aromatic heterocycles. The van der Waals surface area contributed by atoms with Crippen molar-refractivity contribution in [3.63, 3.8) is 0 Å². The normalized spacial score (nSPS) is 18.0. The molecule has 1 atom stereocenters. The molecule has 8 nitrogen and oxygen atoms in total. The van der Waals surface area contributed by atoms with E-state index < -0.39 is 0 Å². The second-order valence-electron chi connectivity index (χ2n) is 5.65. The average molecular weight is 351 g/mol. The molecule has 0 bridgehead atoms. The molecule has 130 valence electrons. The van der Waals surface area contributed by atoms with Crippen molar-refractivity contribution in [1.82, 2.24) is 20.4 Å². The summed E-state index contributed by atoms with van der Waals surface area (Å²) in [5, 5.41) is 9.79. The zero-order valence-corrected chi connectivity index (χ0v) is 14.6. The van der Waals surface area contributed by atoms with E-state index in [1.165, 1.54) is 0 Å². The average Bonchev–Trinajstić information content (AvgIpc) is 3.20. The molecule has 0 saturated carbocycles. The molecule has 0 spiro atoms. The molecule has 0 aromatic carbocycles. The summed E-state index contributed by atoms with van der Waals surface area (Å²) < 4.78 is 10.2. The van der Waals surface area contributed by atoms with Crippen molar-refractivity contribution in [2.75, 3.05) is 26.8 Å². The number of aliphatic imine (C=N–C) groups is 1. The highest BCUT2D eigenvalue weighted by molar-refractivity contribution is 8.16. The lowest BCUT2D eigenvalue weighted by Crippen LogP contribution is -2.33. The summed E-state index contributed by atoms with van der Waals surface area (Å²) in [4.78, 5) is 23.2. The summed E-state index contributed by atoms with van der Waals surface area (Å²) in [6.07, 6.45) is 1.93. The maximum atomic E-state index is 12.3. The van der Waals surface area contributed by atoms with Gasteiger partial charge in [-0.1, -0.05) is 16.9 Å². The molecule has 0 radical (unpaired) electrons. The topological polar surface area (TPSA) is 92.9 Å². The summed E-state index contributed by atoms with van der Waals surface area (Å²) in [6, 6.07) is -0.328. The zero-order valence-electron chi connectivity index (χ0n) is 13.8. The van der Waals surface area contributed by atoms with Crippen LogP contribution in [-0.4, -0.2) is 52.9 Å². The van der Waals surface area contributed by atoms with Gasteiger partial charge in [0.25, 0.3) is 0 Å². The lowest BCUT2D eigenvalue weighted by atomic mass is 10.2. The van der Waals surface area contributed by atoms with Crippen LogP contribution < -0.4 is 5.32 Å². The maximum absolute atomic E-state index is 12.3. The van der Waals surface area contributed by atoms with Gasteiger partial charge in [-0.3, -0.25) is 9.79 Å². The van der Waals surface area contributed by atoms with E-state index in [1.54, 1.807) is 18.9 Å². The number of nitrogens with one attached hydrogen (secondary N) is 1. The van der Waals surface area contributed by atoms with E-state index >= 15 is 0 Å². The molecular weight excluding hydrogens is 330 g/mol. The van der Waals surface area contributed by atoms with Crippen LogP contribution in [-0.2, 0) is 16.0 Å². The second kappa shape index (κ2) is 7.80. The lowest BCUT2D eigenvalue weighted by Gasteiger charge is -2.25. The van der Waals surface area contributed by atoms with Gasteiger partial charge in [-0.2, -0.15) is 4.98 Å². The number of hydrogen-bond donors (Lipinski definition) is 1. The highest BCUT2D eigenvalue weighted by atomic mass is 32.2. The Morgan fingerprint density at radius 2 is 2.46 bits per heavy atom. The maximum Gasteiger partial charge on any atom is 0.248 e. The number of hydrogen-bond acceptors (Lipinski definition) is 8. The highest BCUT2D eigenvalue weighted by Gasteiger charge is 2.27. The van der Waals surface area contributed by atoms with Gasteiger partial charge in [0.1, 0.15) is 6.04 Å². The van der Waals surface area contributed by atoms with Crippen LogP contribution in [0.4, 0.5) is 0 Å². The van der Waals surface area contributed by atoms with E-state index in [1.807, 2.05) is 12.3 Å². The standard InChI is InChI=1S/C15H21N5O3S/c1-10(14-18-12(19-23-14)4-7-22-2)17-13(21)8-11-9-24-15-16-5-3-6-20(11)15/h9-10H,3-8H2,1-2H3,(H,17,21). The number of rotatable bonds is 7. The number of amidine groups is 1. The number of nitrogens with zero attached hydrogens (tertiary/aromatic N) is 4. The number of carbonyl (C=O) groups excluding carboxylic acids is 1. The molecule has 1 aromatic rings. The molecule has 3 rings (SSSR count). The summed E-state index contributed by atoms with van der Waals surface area (Å²) in [6.45, 7) is 4.15. The quantitative estimate of drug-likeness (QED) is 0.795. The van der Waals surface area contributed by atoms with Gasteiger partial charge in [0.05, 0.1) is 13.0 Å². The Labute approximate surface area is 144 Å². The molecule has 1 unspecified atom stereocenters. The Morgan fingerprint density at radius 3 is 3.29 bits per heavy atom. The van der Waals surface area contributed by atoms with Crippen LogP contribution in [0, 0.1) is 0 Å². The molecule has 0 saturated heterocycles. The SMILES string of the molecule is COCCc1noc(C(C)NC(=O)CC2=CSC3=NCCCN23)n1. The Kier molecular flexibility index (Phi) is 5.52. The second-order valence-corrected chi connectivity index (χ2v) is 6.49. The van der Waals surface area contributed by atoms with Crippen LogP contribution in [0.15, 0.2) is 20.6 Å². The molecule has 0 fully saturated rings. The number of aromatic nitrogens is 2. The van der Waals surface area contributed by atoms with Crippen molar-refractivity contribution >= 4 is 22.8 Å². The van der Waals surface area contributed by atoms with Crippen molar-refractivity contribution in [3.8, 4) is 0 Å². The van der Waals surface area contributed by atoms with Crippen LogP contribution in [0.5, 0.6) is 0 Å². The number of ether oxygens (including phenoxy) is 1. The van der Waals surface area contributed by atoms with Crippen molar-refractivity contribution < 1.29 is 14.1 Å². The molecular formula is C15H21N5O3S. The van der Waals surface area contributed by atoms with Crippen LogP contribution in [0.2, 0.25) is 0 Å². The summed E-state index contributed by atoms with van der Waals surface area (Å²) in [5.74, 6) is 0.916. The van der Waals surface area contributed by atoms with E-state index in [2.05, 4.69) is 25.3 Å². The van der Waals surface area contributed by atoms with Gasteiger partial charge in [0.2, 0.25) is 11.8 Å². The summed E-state index contributed by atoms with van der Waals surface area (Å²) in [5.41, 5.74) is 0.995. The Bertz CT molecular complexity index is 657. The predicted octanol–water partition coefficient (Wildman–Crippen LogP) is 1.48. The van der Waals surface area contributed by atoms with Gasteiger partial charge >= 0.3 is 0 Å². The van der Waals surface area contributed by atoms with Crippen molar-refractivity contribution in [1.29, 1.82) is 0 Å². The first-order chi connectivity index (χ1) is 11.7. The minimum absolute atomic E-state index is 0.0715. The molecule has 1 amide bonds. The van der Waals surface area contributed by atoms with E-state index in [-0.39, 0.29) is 11.9 Å². The van der Waals surface area contributed by atoms with Gasteiger partial charge in [-0.05, 0) is 18.8 Å². The van der Waals surface area contributed by atoms with Gasteiger partial charge in [-0.15, -0.1) is 0 Å². The van der Waals surface area contributed by atoms with Crippen LogP contribution in [0.25, 0.3) is 0 Å². The van der Waals surface area contributed by atoms with Gasteiger partial charge < -0.3 is 19.5 Å². The molecule has 3 heterocycles. The zero-order chi connectivity index (χ0) is 16.9. The highest BCUT2D eigenvalue weighted by Crippen LogP contribution is 2.30. The fourth-order valence-corrected chi connectivity index (χ4v) is 3.48. The lowest BCUT2D eigenvalue weighted by molar-refractivity contribution is -0.121. The number of carbonyl (C=O) groups is 1. The molecule has 24 heavy (non-hydrogen) atoms. The predicted molar refractivity (Wildman–Crippen MR) is 90.4 cm³/mol. The van der Waals surface area contributed by atoms with Crippen LogP contribution >= 0.6 is 11.8 Å². The van der Waals surface area contributed by atoms with Crippen molar-refractivity contribution in [2.45, 2.75) is 32.2 Å². The first-order valence-electron chi connectivity index (χ1n) is 7.96. The molecule has 2 aliphatic heterocycles. The Hall–Kier alpha value is -1.87. The molecule has 2 aliphatic rings. The van der Waals surface area contributed by atoms with E-state index in [9.17, 15) is 4.79 Å². The van der Waals surface area contributed by atoms with Crippen molar-refractivity contribution in [3.05, 3.63) is 22.8 Å².